The van der Waals surface area contributed by atoms with Gasteiger partial charge in [0.25, 0.3) is 5.91 Å². The lowest BCUT2D eigenvalue weighted by molar-refractivity contribution is 0.0787. The van der Waals surface area contributed by atoms with Gasteiger partial charge in [-0.25, -0.2) is 4.68 Å². The highest BCUT2D eigenvalue weighted by atomic mass is 32.2. The Morgan fingerprint density at radius 3 is 2.70 bits per heavy atom. The second-order valence-corrected chi connectivity index (χ2v) is 8.15. The molecule has 0 spiro atoms. The minimum Gasteiger partial charge on any atom is -0.356 e. The number of carbonyl (C=O) groups is 2. The molecule has 1 aliphatic carbocycles. The molecule has 8 nitrogen and oxygen atoms in total. The Balaban J connectivity index is 1.36. The zero-order chi connectivity index (χ0) is 18.6. The van der Waals surface area contributed by atoms with Gasteiger partial charge in [0.2, 0.25) is 5.16 Å². The van der Waals surface area contributed by atoms with E-state index >= 15 is 0 Å². The van der Waals surface area contributed by atoms with Crippen LogP contribution in [0.1, 0.15) is 71.8 Å². The van der Waals surface area contributed by atoms with Gasteiger partial charge >= 0.3 is 0 Å². The first-order chi connectivity index (χ1) is 13.2. The van der Waals surface area contributed by atoms with Crippen LogP contribution in [0.25, 0.3) is 0 Å². The normalized spacial score (nSPS) is 18.1. The van der Waals surface area contributed by atoms with E-state index in [1.54, 1.807) is 12.3 Å². The molecule has 2 aromatic heterocycles. The third-order valence-corrected chi connectivity index (χ3v) is 6.28. The molecule has 0 unspecified atom stereocenters. The minimum atomic E-state index is -0.0325. The van der Waals surface area contributed by atoms with Gasteiger partial charge in [0.15, 0.2) is 5.78 Å². The first-order valence-electron chi connectivity index (χ1n) is 9.64. The summed E-state index contributed by atoms with van der Waals surface area (Å²) in [5.41, 5.74) is 1.01. The third kappa shape index (κ3) is 4.07. The van der Waals surface area contributed by atoms with Crippen LogP contribution in [-0.4, -0.2) is 60.6 Å². The number of aromatic nitrogens is 5. The van der Waals surface area contributed by atoms with Crippen LogP contribution in [0.5, 0.6) is 0 Å². The number of nitrogens with zero attached hydrogens (tertiary/aromatic N) is 5. The number of aromatic amines is 1. The number of hydrogen-bond donors (Lipinski definition) is 1. The highest BCUT2D eigenvalue weighted by Crippen LogP contribution is 2.30. The standard InChI is InChI=1S/C18H24N6O2S/c25-16(13-10-15(19-11-13)17(26)23-8-4-5-9-23)12-27-18-20-21-22-24(18)14-6-2-1-3-7-14/h10-11,14,19H,1-9,12H2. The smallest absolute Gasteiger partial charge is 0.270 e. The van der Waals surface area contributed by atoms with Crippen LogP contribution >= 0.6 is 11.8 Å². The summed E-state index contributed by atoms with van der Waals surface area (Å²) in [6.07, 6.45) is 9.56. The number of rotatable bonds is 6. The Morgan fingerprint density at radius 1 is 1.15 bits per heavy atom. The van der Waals surface area contributed by atoms with Crippen molar-refractivity contribution in [2.45, 2.75) is 56.1 Å². The van der Waals surface area contributed by atoms with Crippen molar-refractivity contribution < 1.29 is 9.59 Å². The number of carbonyl (C=O) groups excluding carboxylic acids is 2. The molecule has 0 aromatic carbocycles. The quantitative estimate of drug-likeness (QED) is 0.604. The van der Waals surface area contributed by atoms with Gasteiger partial charge in [-0.05, 0) is 42.2 Å². The van der Waals surface area contributed by atoms with Gasteiger partial charge in [-0.15, -0.1) is 5.10 Å². The Hall–Kier alpha value is -2.16. The van der Waals surface area contributed by atoms with E-state index in [1.165, 1.54) is 31.0 Å². The van der Waals surface area contributed by atoms with Crippen molar-refractivity contribution in [1.29, 1.82) is 0 Å². The second kappa shape index (κ2) is 8.24. The van der Waals surface area contributed by atoms with E-state index in [-0.39, 0.29) is 17.4 Å². The fraction of sp³-hybridized carbons (Fsp3) is 0.611. The van der Waals surface area contributed by atoms with E-state index in [0.717, 1.165) is 38.8 Å². The summed E-state index contributed by atoms with van der Waals surface area (Å²) >= 11 is 1.36. The van der Waals surface area contributed by atoms with Gasteiger partial charge < -0.3 is 9.88 Å². The van der Waals surface area contributed by atoms with Gasteiger partial charge in [0.1, 0.15) is 5.69 Å². The van der Waals surface area contributed by atoms with Crippen LogP contribution in [0.2, 0.25) is 0 Å². The zero-order valence-corrected chi connectivity index (χ0v) is 16.1. The molecule has 1 saturated carbocycles. The van der Waals surface area contributed by atoms with Crippen molar-refractivity contribution in [3.05, 3.63) is 23.5 Å². The first kappa shape index (κ1) is 18.2. The maximum absolute atomic E-state index is 12.5. The summed E-state index contributed by atoms with van der Waals surface area (Å²) in [5.74, 6) is 0.192. The lowest BCUT2D eigenvalue weighted by Crippen LogP contribution is -2.27. The fourth-order valence-electron chi connectivity index (χ4n) is 3.82. The average Bonchev–Trinajstić information content (AvgIpc) is 3.47. The summed E-state index contributed by atoms with van der Waals surface area (Å²) in [7, 11) is 0. The molecule has 2 aromatic rings. The first-order valence-corrected chi connectivity index (χ1v) is 10.6. The van der Waals surface area contributed by atoms with E-state index in [9.17, 15) is 9.59 Å². The average molecular weight is 388 g/mol. The molecule has 2 fully saturated rings. The lowest BCUT2D eigenvalue weighted by Gasteiger charge is -2.21. The van der Waals surface area contributed by atoms with Crippen molar-refractivity contribution in [3.63, 3.8) is 0 Å². The van der Waals surface area contributed by atoms with Crippen molar-refractivity contribution in [2.24, 2.45) is 0 Å². The molecule has 2 aliphatic rings. The van der Waals surface area contributed by atoms with Crippen molar-refractivity contribution in [3.8, 4) is 0 Å². The minimum absolute atomic E-state index is 0.0274. The topological polar surface area (TPSA) is 96.8 Å². The van der Waals surface area contributed by atoms with Crippen molar-refractivity contribution >= 4 is 23.5 Å². The molecular weight excluding hydrogens is 364 g/mol. The van der Waals surface area contributed by atoms with Crippen LogP contribution < -0.4 is 0 Å². The molecule has 0 bridgehead atoms. The molecule has 9 heteroatoms. The van der Waals surface area contributed by atoms with Gasteiger partial charge in [0, 0.05) is 24.8 Å². The fourth-order valence-corrected chi connectivity index (χ4v) is 4.66. The molecule has 1 N–H and O–H groups in total. The van der Waals surface area contributed by atoms with E-state index in [0.29, 0.717) is 22.5 Å². The van der Waals surface area contributed by atoms with Crippen LogP contribution in [0.4, 0.5) is 0 Å². The summed E-state index contributed by atoms with van der Waals surface area (Å²) < 4.78 is 1.87. The highest BCUT2D eigenvalue weighted by Gasteiger charge is 2.23. The molecule has 27 heavy (non-hydrogen) atoms. The molecule has 1 aliphatic heterocycles. The van der Waals surface area contributed by atoms with Crippen LogP contribution in [0, 0.1) is 0 Å². The number of H-pyrrole nitrogens is 1. The van der Waals surface area contributed by atoms with E-state index in [1.807, 2.05) is 9.58 Å². The number of thioether (sulfide) groups is 1. The van der Waals surface area contributed by atoms with Crippen LogP contribution in [0.15, 0.2) is 17.4 Å². The Morgan fingerprint density at radius 2 is 1.93 bits per heavy atom. The molecular formula is C18H24N6O2S. The predicted octanol–water partition coefficient (Wildman–Crippen LogP) is 2.72. The van der Waals surface area contributed by atoms with Crippen LogP contribution in [-0.2, 0) is 0 Å². The SMILES string of the molecule is O=C(CSc1nnnn1C1CCCCC1)c1c[nH]c(C(=O)N2CCCC2)c1. The monoisotopic (exact) mass is 388 g/mol. The largest absolute Gasteiger partial charge is 0.356 e. The third-order valence-electron chi connectivity index (χ3n) is 5.34. The Kier molecular flexibility index (Phi) is 5.56. The molecule has 1 saturated heterocycles. The summed E-state index contributed by atoms with van der Waals surface area (Å²) in [6, 6.07) is 2.00. The molecule has 0 atom stereocenters. The number of tetrazole rings is 1. The second-order valence-electron chi connectivity index (χ2n) is 7.21. The number of nitrogens with one attached hydrogen (secondary N) is 1. The summed E-state index contributed by atoms with van der Waals surface area (Å²) in [5, 5.41) is 12.7. The van der Waals surface area contributed by atoms with E-state index in [2.05, 4.69) is 20.5 Å². The maximum Gasteiger partial charge on any atom is 0.270 e. The molecule has 4 rings (SSSR count). The maximum atomic E-state index is 12.5. The number of Topliss-reactive ketones (excluding diaryl/α,β-unsaturated/α-hetero) is 1. The van der Waals surface area contributed by atoms with Gasteiger partial charge in [-0.1, -0.05) is 31.0 Å². The molecule has 144 valence electrons. The number of likely N-dealkylation sites (tertiary alicyclic amines) is 1. The van der Waals surface area contributed by atoms with E-state index in [4.69, 9.17) is 0 Å². The Labute approximate surface area is 162 Å². The number of amides is 1. The summed E-state index contributed by atoms with van der Waals surface area (Å²) in [6.45, 7) is 1.58. The van der Waals surface area contributed by atoms with Crippen molar-refractivity contribution in [2.75, 3.05) is 18.8 Å². The van der Waals surface area contributed by atoms with Gasteiger partial charge in [0.05, 0.1) is 11.8 Å². The van der Waals surface area contributed by atoms with Gasteiger partial charge in [-0.2, -0.15) is 0 Å². The van der Waals surface area contributed by atoms with E-state index < -0.39 is 0 Å². The predicted molar refractivity (Wildman–Crippen MR) is 101 cm³/mol. The lowest BCUT2D eigenvalue weighted by atomic mass is 9.96. The highest BCUT2D eigenvalue weighted by molar-refractivity contribution is 7.99. The van der Waals surface area contributed by atoms with Crippen LogP contribution in [0.3, 0.4) is 0 Å². The van der Waals surface area contributed by atoms with Gasteiger partial charge in [-0.3, -0.25) is 9.59 Å². The molecule has 3 heterocycles. The zero-order valence-electron chi connectivity index (χ0n) is 15.3. The number of ketones is 1. The Bertz CT molecular complexity index is 804. The van der Waals surface area contributed by atoms with Crippen molar-refractivity contribution in [1.82, 2.24) is 30.1 Å². The molecule has 0 radical (unpaired) electrons. The summed E-state index contributed by atoms with van der Waals surface area (Å²) in [4.78, 5) is 29.7. The number of hydrogen-bond acceptors (Lipinski definition) is 6. The molecule has 1 amide bonds.